The molecule has 140 valence electrons. The maximum Gasteiger partial charge on any atom is 0.229 e. The first-order valence-corrected chi connectivity index (χ1v) is 9.84. The second kappa shape index (κ2) is 9.31. The van der Waals surface area contributed by atoms with E-state index in [9.17, 15) is 18.0 Å². The minimum absolute atomic E-state index is 0.0697. The van der Waals surface area contributed by atoms with E-state index in [0.29, 0.717) is 12.2 Å². The summed E-state index contributed by atoms with van der Waals surface area (Å²) in [6.07, 6.45) is 2.67. The molecule has 0 atom stereocenters. The summed E-state index contributed by atoms with van der Waals surface area (Å²) in [6, 6.07) is 3.59. The van der Waals surface area contributed by atoms with Crippen molar-refractivity contribution in [2.75, 3.05) is 25.4 Å². The summed E-state index contributed by atoms with van der Waals surface area (Å²) in [5.74, 6) is 4.95. The Morgan fingerprint density at radius 2 is 1.96 bits per heavy atom. The van der Waals surface area contributed by atoms with Crippen LogP contribution in [0.2, 0.25) is 0 Å². The van der Waals surface area contributed by atoms with E-state index in [-0.39, 0.29) is 50.1 Å². The fourth-order valence-electron chi connectivity index (χ4n) is 2.25. The number of sulfonamides is 1. The molecule has 0 aromatic carbocycles. The second-order valence-corrected chi connectivity index (χ2v) is 7.64. The van der Waals surface area contributed by atoms with Crippen LogP contribution in [-0.4, -0.2) is 55.6 Å². The molecule has 1 aliphatic rings. The number of carbonyl (C=O) groups is 2. The average Bonchev–Trinajstić information content (AvgIpc) is 2.59. The predicted molar refractivity (Wildman–Crippen MR) is 94.6 cm³/mol. The molecule has 8 nitrogen and oxygen atoms in total. The second-order valence-electron chi connectivity index (χ2n) is 5.71. The van der Waals surface area contributed by atoms with Crippen molar-refractivity contribution in [3.8, 4) is 17.6 Å². The molecule has 1 aliphatic heterocycles. The summed E-state index contributed by atoms with van der Waals surface area (Å²) < 4.78 is 31.5. The fourth-order valence-corrected chi connectivity index (χ4v) is 3.11. The SMILES string of the molecule is Cc1ccc(OCC#CCNS(=O)(=O)CCN2C(=O)CCCC2=O)cn1. The monoisotopic (exact) mass is 379 g/mol. The van der Waals surface area contributed by atoms with Gasteiger partial charge in [0.15, 0.2) is 0 Å². The summed E-state index contributed by atoms with van der Waals surface area (Å²) in [7, 11) is -3.62. The molecule has 1 aromatic rings. The van der Waals surface area contributed by atoms with Crippen molar-refractivity contribution in [2.24, 2.45) is 0 Å². The maximum atomic E-state index is 11.9. The largest absolute Gasteiger partial charge is 0.479 e. The molecular formula is C17H21N3O5S. The number of hydrogen-bond donors (Lipinski definition) is 1. The van der Waals surface area contributed by atoms with Gasteiger partial charge in [-0.15, -0.1) is 0 Å². The van der Waals surface area contributed by atoms with Crippen LogP contribution in [0, 0.1) is 18.8 Å². The van der Waals surface area contributed by atoms with Gasteiger partial charge in [-0.1, -0.05) is 11.8 Å². The van der Waals surface area contributed by atoms with E-state index in [2.05, 4.69) is 21.5 Å². The molecule has 1 N–H and O–H groups in total. The molecular weight excluding hydrogens is 358 g/mol. The van der Waals surface area contributed by atoms with Gasteiger partial charge in [-0.2, -0.15) is 0 Å². The first-order valence-electron chi connectivity index (χ1n) is 8.19. The van der Waals surface area contributed by atoms with Crippen LogP contribution in [0.5, 0.6) is 5.75 Å². The fraction of sp³-hybridized carbons (Fsp3) is 0.471. The van der Waals surface area contributed by atoms with E-state index < -0.39 is 10.0 Å². The molecule has 0 radical (unpaired) electrons. The Morgan fingerprint density at radius 3 is 2.62 bits per heavy atom. The normalized spacial score (nSPS) is 14.7. The van der Waals surface area contributed by atoms with Crippen LogP contribution in [-0.2, 0) is 19.6 Å². The Morgan fingerprint density at radius 1 is 1.23 bits per heavy atom. The van der Waals surface area contributed by atoms with Crippen molar-refractivity contribution >= 4 is 21.8 Å². The Bertz CT molecular complexity index is 793. The Balaban J connectivity index is 1.70. The molecule has 0 saturated carbocycles. The zero-order chi connectivity index (χ0) is 19.0. The summed E-state index contributed by atoms with van der Waals surface area (Å²) in [5, 5.41) is 0. The number of nitrogens with zero attached hydrogens (tertiary/aromatic N) is 2. The van der Waals surface area contributed by atoms with E-state index in [1.54, 1.807) is 12.3 Å². The van der Waals surface area contributed by atoms with Crippen molar-refractivity contribution in [3.05, 3.63) is 24.0 Å². The lowest BCUT2D eigenvalue weighted by Crippen LogP contribution is -2.44. The summed E-state index contributed by atoms with van der Waals surface area (Å²) in [6.45, 7) is 1.78. The quantitative estimate of drug-likeness (QED) is 0.537. The summed E-state index contributed by atoms with van der Waals surface area (Å²) in [5.41, 5.74) is 0.880. The van der Waals surface area contributed by atoms with Gasteiger partial charge in [0, 0.05) is 25.1 Å². The molecule has 0 unspecified atom stereocenters. The number of carbonyl (C=O) groups excluding carboxylic acids is 2. The number of piperidine rings is 1. The molecule has 26 heavy (non-hydrogen) atoms. The molecule has 2 rings (SSSR count). The van der Waals surface area contributed by atoms with Crippen molar-refractivity contribution in [1.82, 2.24) is 14.6 Å². The zero-order valence-electron chi connectivity index (χ0n) is 14.5. The highest BCUT2D eigenvalue weighted by molar-refractivity contribution is 7.89. The van der Waals surface area contributed by atoms with Crippen molar-refractivity contribution in [1.29, 1.82) is 0 Å². The van der Waals surface area contributed by atoms with Crippen LogP contribution < -0.4 is 9.46 Å². The van der Waals surface area contributed by atoms with E-state index in [4.69, 9.17) is 4.74 Å². The van der Waals surface area contributed by atoms with Gasteiger partial charge >= 0.3 is 0 Å². The van der Waals surface area contributed by atoms with Gasteiger partial charge in [-0.3, -0.25) is 19.5 Å². The van der Waals surface area contributed by atoms with Gasteiger partial charge < -0.3 is 4.74 Å². The van der Waals surface area contributed by atoms with Gasteiger partial charge in [-0.05, 0) is 25.5 Å². The molecule has 1 fully saturated rings. The van der Waals surface area contributed by atoms with Crippen LogP contribution in [0.4, 0.5) is 0 Å². The third-order valence-corrected chi connectivity index (χ3v) is 4.97. The van der Waals surface area contributed by atoms with Crippen LogP contribution in [0.3, 0.4) is 0 Å². The lowest BCUT2D eigenvalue weighted by Gasteiger charge is -2.24. The van der Waals surface area contributed by atoms with E-state index in [0.717, 1.165) is 10.6 Å². The molecule has 0 aliphatic carbocycles. The molecule has 9 heteroatoms. The number of imide groups is 1. The van der Waals surface area contributed by atoms with Crippen molar-refractivity contribution in [3.63, 3.8) is 0 Å². The minimum Gasteiger partial charge on any atom is -0.479 e. The van der Waals surface area contributed by atoms with Crippen molar-refractivity contribution < 1.29 is 22.7 Å². The van der Waals surface area contributed by atoms with Gasteiger partial charge in [0.25, 0.3) is 0 Å². The number of likely N-dealkylation sites (tertiary alicyclic amines) is 1. The van der Waals surface area contributed by atoms with Crippen LogP contribution >= 0.6 is 0 Å². The number of nitrogens with one attached hydrogen (secondary N) is 1. The van der Waals surface area contributed by atoms with Gasteiger partial charge in [0.2, 0.25) is 21.8 Å². The maximum absolute atomic E-state index is 11.9. The van der Waals surface area contributed by atoms with Gasteiger partial charge in [0.1, 0.15) is 12.4 Å². The van der Waals surface area contributed by atoms with Crippen LogP contribution in [0.1, 0.15) is 25.0 Å². The smallest absolute Gasteiger partial charge is 0.229 e. The first kappa shape index (κ1) is 19.9. The first-order chi connectivity index (χ1) is 12.4. The number of aromatic nitrogens is 1. The Labute approximate surface area is 153 Å². The van der Waals surface area contributed by atoms with Crippen molar-refractivity contribution in [2.45, 2.75) is 26.2 Å². The van der Waals surface area contributed by atoms with Gasteiger partial charge in [0.05, 0.1) is 18.5 Å². The Hall–Kier alpha value is -2.44. The lowest BCUT2D eigenvalue weighted by atomic mass is 10.1. The molecule has 0 bridgehead atoms. The third kappa shape index (κ3) is 6.46. The van der Waals surface area contributed by atoms with Crippen LogP contribution in [0.15, 0.2) is 18.3 Å². The molecule has 0 spiro atoms. The van der Waals surface area contributed by atoms with E-state index in [1.807, 2.05) is 13.0 Å². The third-order valence-electron chi connectivity index (χ3n) is 3.67. The number of hydrogen-bond acceptors (Lipinski definition) is 6. The zero-order valence-corrected chi connectivity index (χ0v) is 15.3. The number of ether oxygens (including phenoxy) is 1. The standard InChI is InChI=1S/C17H21N3O5S/c1-14-7-8-15(13-18-14)25-11-3-2-9-19-26(23,24)12-10-20-16(21)5-4-6-17(20)22/h7-8,13,19H,4-6,9-12H2,1H3. The van der Waals surface area contributed by atoms with E-state index >= 15 is 0 Å². The van der Waals surface area contributed by atoms with Gasteiger partial charge in [-0.25, -0.2) is 13.1 Å². The Kier molecular flexibility index (Phi) is 7.12. The summed E-state index contributed by atoms with van der Waals surface area (Å²) >= 11 is 0. The highest BCUT2D eigenvalue weighted by atomic mass is 32.2. The van der Waals surface area contributed by atoms with Crippen LogP contribution in [0.25, 0.3) is 0 Å². The minimum atomic E-state index is -3.62. The molecule has 2 heterocycles. The number of rotatable bonds is 7. The average molecular weight is 379 g/mol. The summed E-state index contributed by atoms with van der Waals surface area (Å²) in [4.78, 5) is 28.4. The lowest BCUT2D eigenvalue weighted by molar-refractivity contribution is -0.147. The number of aryl methyl sites for hydroxylation is 1. The highest BCUT2D eigenvalue weighted by Gasteiger charge is 2.26. The number of pyridine rings is 1. The topological polar surface area (TPSA) is 106 Å². The molecule has 1 saturated heterocycles. The highest BCUT2D eigenvalue weighted by Crippen LogP contribution is 2.12. The molecule has 1 aromatic heterocycles. The number of amides is 2. The van der Waals surface area contributed by atoms with E-state index in [1.165, 1.54) is 0 Å². The molecule has 2 amide bonds. The predicted octanol–water partition coefficient (Wildman–Crippen LogP) is 0.231.